The fourth-order valence-electron chi connectivity index (χ4n) is 2.39. The predicted molar refractivity (Wildman–Crippen MR) is 103 cm³/mol. The predicted octanol–water partition coefficient (Wildman–Crippen LogP) is 1.83. The Morgan fingerprint density at radius 2 is 1.75 bits per heavy atom. The summed E-state index contributed by atoms with van der Waals surface area (Å²) in [6, 6.07) is 12.7. The fraction of sp³-hybridized carbons (Fsp3) is 0.263. The van der Waals surface area contributed by atoms with Crippen LogP contribution in [0.3, 0.4) is 0 Å². The van der Waals surface area contributed by atoms with Crippen molar-refractivity contribution < 1.29 is 22.7 Å². The van der Waals surface area contributed by atoms with Crippen LogP contribution in [0.4, 0.5) is 0 Å². The first kappa shape index (κ1) is 21.2. The van der Waals surface area contributed by atoms with Gasteiger partial charge in [-0.1, -0.05) is 6.07 Å². The molecule has 8 nitrogen and oxygen atoms in total. The molecule has 0 heterocycles. The fourth-order valence-corrected chi connectivity index (χ4v) is 3.42. The molecular formula is C19H21N3O5S. The molecule has 0 atom stereocenters. The molecule has 1 amide bonds. The van der Waals surface area contributed by atoms with Gasteiger partial charge in [0.1, 0.15) is 0 Å². The van der Waals surface area contributed by atoms with Gasteiger partial charge in [0.15, 0.2) is 11.5 Å². The number of ether oxygens (including phenoxy) is 2. The molecule has 2 aromatic carbocycles. The molecule has 0 aromatic heterocycles. The smallest absolute Gasteiger partial charge is 0.251 e. The van der Waals surface area contributed by atoms with E-state index in [1.807, 2.05) is 12.1 Å². The molecule has 0 spiro atoms. The SMILES string of the molecule is COc1ccc(CNC(=O)c2ccc(S(=O)(=O)NCCC#N)cc2)cc1OC. The Hall–Kier alpha value is -3.09. The van der Waals surface area contributed by atoms with Crippen molar-refractivity contribution in [2.75, 3.05) is 20.8 Å². The van der Waals surface area contributed by atoms with Gasteiger partial charge in [0.25, 0.3) is 5.91 Å². The van der Waals surface area contributed by atoms with Crippen LogP contribution in [0.15, 0.2) is 47.4 Å². The molecule has 0 aliphatic heterocycles. The average Bonchev–Trinajstić information content (AvgIpc) is 2.71. The monoisotopic (exact) mass is 403 g/mol. The molecule has 0 radical (unpaired) electrons. The number of nitrogens with one attached hydrogen (secondary N) is 2. The largest absolute Gasteiger partial charge is 0.493 e. The van der Waals surface area contributed by atoms with Gasteiger partial charge < -0.3 is 14.8 Å². The number of carbonyl (C=O) groups is 1. The minimum absolute atomic E-state index is 0.0295. The first-order chi connectivity index (χ1) is 13.4. The highest BCUT2D eigenvalue weighted by Gasteiger charge is 2.14. The molecule has 0 saturated carbocycles. The zero-order valence-electron chi connectivity index (χ0n) is 15.6. The van der Waals surface area contributed by atoms with Gasteiger partial charge in [-0.25, -0.2) is 13.1 Å². The molecule has 0 bridgehead atoms. The molecule has 9 heteroatoms. The highest BCUT2D eigenvalue weighted by Crippen LogP contribution is 2.27. The number of carbonyl (C=O) groups excluding carboxylic acids is 1. The van der Waals surface area contributed by atoms with Gasteiger partial charge in [-0.3, -0.25) is 4.79 Å². The quantitative estimate of drug-likeness (QED) is 0.617. The van der Waals surface area contributed by atoms with Crippen molar-refractivity contribution in [1.29, 1.82) is 5.26 Å². The van der Waals surface area contributed by atoms with E-state index < -0.39 is 10.0 Å². The van der Waals surface area contributed by atoms with E-state index in [1.165, 1.54) is 31.4 Å². The maximum atomic E-state index is 12.3. The molecule has 0 aliphatic carbocycles. The lowest BCUT2D eigenvalue weighted by molar-refractivity contribution is 0.0950. The van der Waals surface area contributed by atoms with Crippen LogP contribution in [-0.2, 0) is 16.6 Å². The molecular weight excluding hydrogens is 382 g/mol. The third kappa shape index (κ3) is 5.45. The lowest BCUT2D eigenvalue weighted by atomic mass is 10.1. The number of nitriles is 1. The summed E-state index contributed by atoms with van der Waals surface area (Å²) < 4.78 is 36.9. The lowest BCUT2D eigenvalue weighted by Crippen LogP contribution is -2.25. The van der Waals surface area contributed by atoms with Crippen LogP contribution >= 0.6 is 0 Å². The Morgan fingerprint density at radius 3 is 2.36 bits per heavy atom. The van der Waals surface area contributed by atoms with Crippen LogP contribution in [0.5, 0.6) is 11.5 Å². The minimum atomic E-state index is -3.70. The highest BCUT2D eigenvalue weighted by molar-refractivity contribution is 7.89. The summed E-state index contributed by atoms with van der Waals surface area (Å²) in [6.45, 7) is 0.307. The molecule has 0 unspecified atom stereocenters. The molecule has 148 valence electrons. The van der Waals surface area contributed by atoms with E-state index in [9.17, 15) is 13.2 Å². The third-order valence-corrected chi connectivity index (χ3v) is 5.33. The Labute approximate surface area is 164 Å². The molecule has 0 fully saturated rings. The van der Waals surface area contributed by atoms with Crippen molar-refractivity contribution in [2.24, 2.45) is 0 Å². The van der Waals surface area contributed by atoms with Gasteiger partial charge >= 0.3 is 0 Å². The molecule has 28 heavy (non-hydrogen) atoms. The van der Waals surface area contributed by atoms with Gasteiger partial charge in [0.2, 0.25) is 10.0 Å². The molecule has 0 saturated heterocycles. The third-order valence-electron chi connectivity index (χ3n) is 3.86. The van der Waals surface area contributed by atoms with Crippen LogP contribution in [0, 0.1) is 11.3 Å². The van der Waals surface area contributed by atoms with Crippen molar-refractivity contribution in [3.8, 4) is 17.6 Å². The zero-order valence-corrected chi connectivity index (χ0v) is 16.4. The average molecular weight is 403 g/mol. The second-order valence-corrected chi connectivity index (χ2v) is 7.47. The summed E-state index contributed by atoms with van der Waals surface area (Å²) in [7, 11) is -0.627. The van der Waals surface area contributed by atoms with Crippen LogP contribution < -0.4 is 19.5 Å². The maximum Gasteiger partial charge on any atom is 0.251 e. The van der Waals surface area contributed by atoms with Gasteiger partial charge in [0.05, 0.1) is 25.2 Å². The molecule has 2 rings (SSSR count). The van der Waals surface area contributed by atoms with E-state index in [0.717, 1.165) is 5.56 Å². The van der Waals surface area contributed by atoms with Crippen LogP contribution in [0.1, 0.15) is 22.3 Å². The number of sulfonamides is 1. The van der Waals surface area contributed by atoms with E-state index >= 15 is 0 Å². The molecule has 2 N–H and O–H groups in total. The van der Waals surface area contributed by atoms with Gasteiger partial charge in [-0.05, 0) is 42.0 Å². The Kier molecular flexibility index (Phi) is 7.37. The van der Waals surface area contributed by atoms with Crippen molar-refractivity contribution in [2.45, 2.75) is 17.9 Å². The number of amides is 1. The van der Waals surface area contributed by atoms with Gasteiger partial charge in [-0.15, -0.1) is 0 Å². The van der Waals surface area contributed by atoms with Crippen LogP contribution in [0.25, 0.3) is 0 Å². The Balaban J connectivity index is 2.01. The highest BCUT2D eigenvalue weighted by atomic mass is 32.2. The standard InChI is InChI=1S/C19H21N3O5S/c1-26-17-9-4-14(12-18(17)27-2)13-21-19(23)15-5-7-16(8-6-15)28(24,25)22-11-3-10-20/h4-9,12,22H,3,11,13H2,1-2H3,(H,21,23). The van der Waals surface area contributed by atoms with Crippen molar-refractivity contribution in [3.05, 3.63) is 53.6 Å². The minimum Gasteiger partial charge on any atom is -0.493 e. The van der Waals surface area contributed by atoms with Crippen molar-refractivity contribution in [3.63, 3.8) is 0 Å². The van der Waals surface area contributed by atoms with Crippen LogP contribution in [-0.4, -0.2) is 35.1 Å². The number of nitrogens with zero attached hydrogens (tertiary/aromatic N) is 1. The molecule has 0 aliphatic rings. The number of benzene rings is 2. The summed E-state index contributed by atoms with van der Waals surface area (Å²) >= 11 is 0. The number of hydrogen-bond acceptors (Lipinski definition) is 6. The Bertz CT molecular complexity index is 966. The summed E-state index contributed by atoms with van der Waals surface area (Å²) in [5, 5.41) is 11.2. The summed E-state index contributed by atoms with van der Waals surface area (Å²) in [6.07, 6.45) is 0.0792. The van der Waals surface area contributed by atoms with E-state index in [4.69, 9.17) is 14.7 Å². The van der Waals surface area contributed by atoms with E-state index in [2.05, 4.69) is 10.0 Å². The lowest BCUT2D eigenvalue weighted by Gasteiger charge is -2.11. The first-order valence-electron chi connectivity index (χ1n) is 8.37. The normalized spacial score (nSPS) is 10.8. The Morgan fingerprint density at radius 1 is 1.07 bits per heavy atom. The summed E-state index contributed by atoms with van der Waals surface area (Å²) in [5.41, 5.74) is 1.16. The second-order valence-electron chi connectivity index (χ2n) is 5.70. The second kappa shape index (κ2) is 9.73. The molecule has 2 aromatic rings. The van der Waals surface area contributed by atoms with Gasteiger partial charge in [0, 0.05) is 25.1 Å². The number of methoxy groups -OCH3 is 2. The summed E-state index contributed by atoms with van der Waals surface area (Å²) in [4.78, 5) is 12.3. The zero-order chi connectivity index (χ0) is 20.6. The number of hydrogen-bond donors (Lipinski definition) is 2. The van der Waals surface area contributed by atoms with Crippen molar-refractivity contribution >= 4 is 15.9 Å². The van der Waals surface area contributed by atoms with E-state index in [-0.39, 0.29) is 30.3 Å². The number of rotatable bonds is 9. The van der Waals surface area contributed by atoms with Gasteiger partial charge in [-0.2, -0.15) is 5.26 Å². The van der Waals surface area contributed by atoms with Crippen LogP contribution in [0.2, 0.25) is 0 Å². The van der Waals surface area contributed by atoms with E-state index in [1.54, 1.807) is 19.2 Å². The maximum absolute atomic E-state index is 12.3. The topological polar surface area (TPSA) is 118 Å². The van der Waals surface area contributed by atoms with E-state index in [0.29, 0.717) is 17.1 Å². The van der Waals surface area contributed by atoms with Crippen molar-refractivity contribution in [1.82, 2.24) is 10.0 Å². The first-order valence-corrected chi connectivity index (χ1v) is 9.85. The summed E-state index contributed by atoms with van der Waals surface area (Å²) in [5.74, 6) is 0.821.